The number of ether oxygens (including phenoxy) is 1. The third-order valence-electron chi connectivity index (χ3n) is 3.03. The highest BCUT2D eigenvalue weighted by Crippen LogP contribution is 2.24. The lowest BCUT2D eigenvalue weighted by Crippen LogP contribution is -2.22. The molecule has 7 heteroatoms. The van der Waals surface area contributed by atoms with E-state index in [2.05, 4.69) is 9.97 Å². The van der Waals surface area contributed by atoms with Crippen LogP contribution in [0.4, 0.5) is 0 Å². The fraction of sp³-hybridized carbons (Fsp3) is 0.214. The van der Waals surface area contributed by atoms with Crippen molar-refractivity contribution in [1.29, 1.82) is 0 Å². The first-order valence-corrected chi connectivity index (χ1v) is 7.19. The second-order valence-electron chi connectivity index (χ2n) is 4.38. The molecule has 1 atom stereocenters. The molecule has 1 unspecified atom stereocenters. The zero-order valence-electron chi connectivity index (χ0n) is 11.2. The summed E-state index contributed by atoms with van der Waals surface area (Å²) in [4.78, 5) is 29.6. The summed E-state index contributed by atoms with van der Waals surface area (Å²) in [5.41, 5.74) is 0.742. The van der Waals surface area contributed by atoms with Crippen LogP contribution in [0.5, 0.6) is 5.75 Å². The van der Waals surface area contributed by atoms with Crippen LogP contribution in [0.15, 0.2) is 35.4 Å². The maximum atomic E-state index is 11.6. The molecule has 1 heterocycles. The van der Waals surface area contributed by atoms with Gasteiger partial charge in [-0.1, -0.05) is 12.1 Å². The molecule has 2 rings (SSSR count). The van der Waals surface area contributed by atoms with Crippen molar-refractivity contribution in [2.75, 3.05) is 7.11 Å². The molecule has 1 aromatic heterocycles. The van der Waals surface area contributed by atoms with Crippen LogP contribution in [-0.4, -0.2) is 28.2 Å². The number of carbonyl (C=O) groups is 1. The lowest BCUT2D eigenvalue weighted by Gasteiger charge is -2.13. The van der Waals surface area contributed by atoms with E-state index in [1.165, 1.54) is 6.33 Å². The predicted octanol–water partition coefficient (Wildman–Crippen LogP) is 1.79. The molecule has 0 fully saturated rings. The van der Waals surface area contributed by atoms with Gasteiger partial charge in [-0.05, 0) is 46.7 Å². The Morgan fingerprint density at radius 1 is 1.52 bits per heavy atom. The highest BCUT2D eigenvalue weighted by Gasteiger charge is 2.25. The van der Waals surface area contributed by atoms with Gasteiger partial charge in [-0.2, -0.15) is 0 Å². The maximum Gasteiger partial charge on any atom is 0.312 e. The number of carboxylic acids is 1. The number of methoxy groups -OCH3 is 1. The molecule has 0 aliphatic heterocycles. The molecule has 0 bridgehead atoms. The van der Waals surface area contributed by atoms with E-state index in [-0.39, 0.29) is 17.7 Å². The van der Waals surface area contributed by atoms with Crippen LogP contribution in [0.25, 0.3) is 0 Å². The zero-order chi connectivity index (χ0) is 15.4. The van der Waals surface area contributed by atoms with Crippen molar-refractivity contribution in [2.45, 2.75) is 12.3 Å². The summed E-state index contributed by atoms with van der Waals surface area (Å²) < 4.78 is 5.42. The van der Waals surface area contributed by atoms with E-state index in [4.69, 9.17) is 4.74 Å². The van der Waals surface area contributed by atoms with Gasteiger partial charge >= 0.3 is 5.97 Å². The topological polar surface area (TPSA) is 92.3 Å². The van der Waals surface area contributed by atoms with Gasteiger partial charge in [-0.15, -0.1) is 0 Å². The summed E-state index contributed by atoms with van der Waals surface area (Å²) in [6.45, 7) is 0. The molecule has 0 amide bonds. The maximum absolute atomic E-state index is 11.6. The molecule has 21 heavy (non-hydrogen) atoms. The normalized spacial score (nSPS) is 11.9. The van der Waals surface area contributed by atoms with Gasteiger partial charge in [0.2, 0.25) is 0 Å². The number of rotatable bonds is 5. The van der Waals surface area contributed by atoms with E-state index in [9.17, 15) is 14.7 Å². The van der Waals surface area contributed by atoms with E-state index in [0.29, 0.717) is 9.32 Å². The molecule has 6 nitrogen and oxygen atoms in total. The number of hydrogen-bond donors (Lipinski definition) is 2. The van der Waals surface area contributed by atoms with Gasteiger partial charge in [0.15, 0.2) is 0 Å². The minimum absolute atomic E-state index is 0.235. The average molecular weight is 400 g/mol. The molecule has 0 spiro atoms. The molecule has 1 aromatic carbocycles. The molecule has 110 valence electrons. The fourth-order valence-electron chi connectivity index (χ4n) is 1.98. The number of halogens is 1. The SMILES string of the molecule is COc1cccc(CC(C(=O)O)c2nc[nH]c(=O)c2I)c1. The second kappa shape index (κ2) is 6.70. The lowest BCUT2D eigenvalue weighted by atomic mass is 9.96. The molecule has 0 saturated heterocycles. The summed E-state index contributed by atoms with van der Waals surface area (Å²) in [7, 11) is 1.55. The van der Waals surface area contributed by atoms with Gasteiger partial charge in [-0.3, -0.25) is 9.59 Å². The first-order chi connectivity index (χ1) is 10.0. The van der Waals surface area contributed by atoms with Crippen LogP contribution < -0.4 is 10.3 Å². The van der Waals surface area contributed by atoms with Gasteiger partial charge in [0, 0.05) is 0 Å². The smallest absolute Gasteiger partial charge is 0.312 e. The summed E-state index contributed by atoms with van der Waals surface area (Å²) >= 11 is 1.82. The number of H-pyrrole nitrogens is 1. The van der Waals surface area contributed by atoms with Gasteiger partial charge < -0.3 is 14.8 Å². The van der Waals surface area contributed by atoms with E-state index in [0.717, 1.165) is 5.56 Å². The van der Waals surface area contributed by atoms with Crippen LogP contribution in [0.2, 0.25) is 0 Å². The third kappa shape index (κ3) is 3.60. The first kappa shape index (κ1) is 15.5. The van der Waals surface area contributed by atoms with Crippen molar-refractivity contribution < 1.29 is 14.6 Å². The van der Waals surface area contributed by atoms with Crippen LogP contribution in [0.3, 0.4) is 0 Å². The predicted molar refractivity (Wildman–Crippen MR) is 84.6 cm³/mol. The molecule has 0 radical (unpaired) electrons. The van der Waals surface area contributed by atoms with Crippen molar-refractivity contribution in [3.63, 3.8) is 0 Å². The average Bonchev–Trinajstić information content (AvgIpc) is 2.48. The number of aromatic nitrogens is 2. The van der Waals surface area contributed by atoms with Crippen molar-refractivity contribution >= 4 is 28.6 Å². The lowest BCUT2D eigenvalue weighted by molar-refractivity contribution is -0.138. The number of benzene rings is 1. The van der Waals surface area contributed by atoms with Gasteiger partial charge in [0.05, 0.1) is 19.1 Å². The number of hydrogen-bond acceptors (Lipinski definition) is 4. The Morgan fingerprint density at radius 2 is 2.29 bits per heavy atom. The largest absolute Gasteiger partial charge is 0.497 e. The summed E-state index contributed by atoms with van der Waals surface area (Å²) in [5.74, 6) is -1.25. The number of aliphatic carboxylic acids is 1. The Bertz CT molecular complexity index is 714. The molecular weight excluding hydrogens is 387 g/mol. The Hall–Kier alpha value is -1.90. The van der Waals surface area contributed by atoms with E-state index >= 15 is 0 Å². The van der Waals surface area contributed by atoms with Crippen LogP contribution in [-0.2, 0) is 11.2 Å². The Balaban J connectivity index is 2.38. The molecule has 0 aliphatic rings. The Morgan fingerprint density at radius 3 is 2.95 bits per heavy atom. The quantitative estimate of drug-likeness (QED) is 0.747. The fourth-order valence-corrected chi connectivity index (χ4v) is 2.65. The van der Waals surface area contributed by atoms with Gasteiger partial charge in [-0.25, -0.2) is 4.98 Å². The minimum Gasteiger partial charge on any atom is -0.497 e. The molecular formula is C14H13IN2O4. The number of carboxylic acid groups (broad SMARTS) is 1. The highest BCUT2D eigenvalue weighted by atomic mass is 127. The first-order valence-electron chi connectivity index (χ1n) is 6.11. The zero-order valence-corrected chi connectivity index (χ0v) is 13.3. The van der Waals surface area contributed by atoms with Crippen molar-refractivity contribution in [3.8, 4) is 5.75 Å². The molecule has 0 aliphatic carbocycles. The van der Waals surface area contributed by atoms with Crippen LogP contribution in [0, 0.1) is 3.57 Å². The molecule has 0 saturated carbocycles. The number of nitrogens with zero attached hydrogens (tertiary/aromatic N) is 1. The van der Waals surface area contributed by atoms with Crippen molar-refractivity contribution in [3.05, 3.63) is 55.8 Å². The van der Waals surface area contributed by atoms with Crippen LogP contribution >= 0.6 is 22.6 Å². The van der Waals surface area contributed by atoms with Crippen molar-refractivity contribution in [1.82, 2.24) is 9.97 Å². The summed E-state index contributed by atoms with van der Waals surface area (Å²) in [6.07, 6.45) is 1.46. The van der Waals surface area contributed by atoms with Gasteiger partial charge in [0.1, 0.15) is 15.2 Å². The second-order valence-corrected chi connectivity index (χ2v) is 5.46. The third-order valence-corrected chi connectivity index (χ3v) is 4.07. The number of aromatic amines is 1. The van der Waals surface area contributed by atoms with Gasteiger partial charge in [0.25, 0.3) is 5.56 Å². The molecule has 2 aromatic rings. The minimum atomic E-state index is -1.02. The van der Waals surface area contributed by atoms with E-state index in [1.807, 2.05) is 28.7 Å². The molecule has 2 N–H and O–H groups in total. The number of nitrogens with one attached hydrogen (secondary N) is 1. The standard InChI is InChI=1S/C14H13IN2O4/c1-21-9-4-2-3-8(5-9)6-10(14(19)20)12-11(15)13(18)17-7-16-12/h2-5,7,10H,6H2,1H3,(H,19,20)(H,16,17,18). The van der Waals surface area contributed by atoms with Crippen LogP contribution in [0.1, 0.15) is 17.2 Å². The Kier molecular flexibility index (Phi) is 4.94. The van der Waals surface area contributed by atoms with E-state index < -0.39 is 11.9 Å². The summed E-state index contributed by atoms with van der Waals surface area (Å²) in [6, 6.07) is 7.17. The van der Waals surface area contributed by atoms with E-state index in [1.54, 1.807) is 25.3 Å². The summed E-state index contributed by atoms with van der Waals surface area (Å²) in [5, 5.41) is 9.44. The monoisotopic (exact) mass is 400 g/mol. The highest BCUT2D eigenvalue weighted by molar-refractivity contribution is 14.1. The van der Waals surface area contributed by atoms with Crippen molar-refractivity contribution in [2.24, 2.45) is 0 Å². The Labute approximate surface area is 134 Å².